The third-order valence-corrected chi connectivity index (χ3v) is 7.40. The first kappa shape index (κ1) is 18.6. The Morgan fingerprint density at radius 1 is 1.44 bits per heavy atom. The van der Waals surface area contributed by atoms with E-state index in [4.69, 9.17) is 11.6 Å². The van der Waals surface area contributed by atoms with Crippen molar-refractivity contribution in [2.24, 2.45) is 0 Å². The van der Waals surface area contributed by atoms with Gasteiger partial charge in [0.05, 0.1) is 16.0 Å². The van der Waals surface area contributed by atoms with Gasteiger partial charge in [0.1, 0.15) is 6.04 Å². The van der Waals surface area contributed by atoms with Crippen LogP contribution < -0.4 is 5.32 Å². The van der Waals surface area contributed by atoms with Gasteiger partial charge in [0.15, 0.2) is 5.13 Å². The fraction of sp³-hybridized carbons (Fsp3) is 0.500. The Labute approximate surface area is 156 Å². The second-order valence-electron chi connectivity index (χ2n) is 6.06. The molecule has 0 aliphatic carbocycles. The minimum Gasteiger partial charge on any atom is -0.301 e. The molecule has 1 fully saturated rings. The van der Waals surface area contributed by atoms with Crippen LogP contribution in [0.3, 0.4) is 0 Å². The van der Waals surface area contributed by atoms with Crippen LogP contribution in [-0.2, 0) is 14.8 Å². The topological polar surface area (TPSA) is 79.4 Å². The molecule has 25 heavy (non-hydrogen) atoms. The van der Waals surface area contributed by atoms with Crippen LogP contribution in [0.15, 0.2) is 18.2 Å². The summed E-state index contributed by atoms with van der Waals surface area (Å²) in [6.07, 6.45) is 2.69. The van der Waals surface area contributed by atoms with E-state index in [9.17, 15) is 13.2 Å². The van der Waals surface area contributed by atoms with Crippen LogP contribution in [0.4, 0.5) is 5.13 Å². The summed E-state index contributed by atoms with van der Waals surface area (Å²) in [6, 6.07) is 4.67. The van der Waals surface area contributed by atoms with Crippen LogP contribution in [0.2, 0.25) is 5.02 Å². The standard InChI is InChI=1S/C16H20ClN3O3S2/c1-2-9-25(22,23)20-8-4-3-5-13(20)15(21)19-16-18-12-7-6-11(17)10-14(12)24-16/h6-7,10,13H,2-5,8-9H2,1H3,(H,18,19,21). The Morgan fingerprint density at radius 3 is 3.00 bits per heavy atom. The molecular weight excluding hydrogens is 382 g/mol. The number of nitrogens with one attached hydrogen (secondary N) is 1. The van der Waals surface area contributed by atoms with Gasteiger partial charge in [0.25, 0.3) is 0 Å². The third kappa shape index (κ3) is 4.13. The molecule has 6 nitrogen and oxygen atoms in total. The number of hydrogen-bond acceptors (Lipinski definition) is 5. The summed E-state index contributed by atoms with van der Waals surface area (Å²) in [5, 5.41) is 3.85. The molecule has 2 aromatic rings. The summed E-state index contributed by atoms with van der Waals surface area (Å²) in [5.74, 6) is -0.249. The van der Waals surface area contributed by atoms with Gasteiger partial charge >= 0.3 is 0 Å². The van der Waals surface area contributed by atoms with Crippen molar-refractivity contribution in [1.82, 2.24) is 9.29 Å². The molecule has 1 amide bonds. The van der Waals surface area contributed by atoms with Crippen molar-refractivity contribution in [2.45, 2.75) is 38.6 Å². The van der Waals surface area contributed by atoms with Gasteiger partial charge in [-0.25, -0.2) is 13.4 Å². The number of fused-ring (bicyclic) bond motifs is 1. The SMILES string of the molecule is CCCS(=O)(=O)N1CCCCC1C(=O)Nc1nc2ccc(Cl)cc2s1. The highest BCUT2D eigenvalue weighted by atomic mass is 35.5. The molecule has 1 N–H and O–H groups in total. The van der Waals surface area contributed by atoms with Crippen LogP contribution in [0, 0.1) is 0 Å². The maximum Gasteiger partial charge on any atom is 0.244 e. The quantitative estimate of drug-likeness (QED) is 0.831. The second-order valence-corrected chi connectivity index (χ2v) is 9.57. The molecule has 3 rings (SSSR count). The number of hydrogen-bond donors (Lipinski definition) is 1. The zero-order valence-corrected chi connectivity index (χ0v) is 16.3. The summed E-state index contributed by atoms with van der Waals surface area (Å²) >= 11 is 7.30. The monoisotopic (exact) mass is 401 g/mol. The number of halogens is 1. The third-order valence-electron chi connectivity index (χ3n) is 4.16. The number of carbonyl (C=O) groups excluding carboxylic acids is 1. The van der Waals surface area contributed by atoms with E-state index in [1.165, 1.54) is 15.6 Å². The lowest BCUT2D eigenvalue weighted by Gasteiger charge is -2.33. The first-order valence-electron chi connectivity index (χ1n) is 8.27. The highest BCUT2D eigenvalue weighted by Gasteiger charge is 2.36. The van der Waals surface area contributed by atoms with E-state index in [1.54, 1.807) is 18.2 Å². The van der Waals surface area contributed by atoms with E-state index in [1.807, 2.05) is 6.92 Å². The Kier molecular flexibility index (Phi) is 5.62. The van der Waals surface area contributed by atoms with E-state index < -0.39 is 16.1 Å². The first-order chi connectivity index (χ1) is 11.9. The lowest BCUT2D eigenvalue weighted by atomic mass is 10.0. The van der Waals surface area contributed by atoms with Crippen molar-refractivity contribution in [3.8, 4) is 0 Å². The van der Waals surface area contributed by atoms with Gasteiger partial charge in [0, 0.05) is 11.6 Å². The van der Waals surface area contributed by atoms with Gasteiger partial charge in [-0.05, 0) is 37.5 Å². The summed E-state index contributed by atoms with van der Waals surface area (Å²) in [6.45, 7) is 2.22. The molecule has 0 spiro atoms. The molecule has 1 aliphatic heterocycles. The minimum absolute atomic E-state index is 0.0659. The van der Waals surface area contributed by atoms with E-state index >= 15 is 0 Å². The largest absolute Gasteiger partial charge is 0.301 e. The van der Waals surface area contributed by atoms with Crippen LogP contribution >= 0.6 is 22.9 Å². The van der Waals surface area contributed by atoms with E-state index in [-0.39, 0.29) is 11.7 Å². The molecule has 1 aromatic carbocycles. The summed E-state index contributed by atoms with van der Waals surface area (Å²) in [4.78, 5) is 17.1. The Bertz CT molecular complexity index is 882. The van der Waals surface area contributed by atoms with Crippen LogP contribution in [0.1, 0.15) is 32.6 Å². The molecule has 9 heteroatoms. The normalized spacial score (nSPS) is 19.2. The molecule has 136 valence electrons. The molecule has 1 saturated heterocycles. The molecular formula is C16H20ClN3O3S2. The van der Waals surface area contributed by atoms with Crippen molar-refractivity contribution in [3.63, 3.8) is 0 Å². The number of thiazole rings is 1. The number of rotatable bonds is 5. The number of aromatic nitrogens is 1. The molecule has 1 aliphatic rings. The highest BCUT2D eigenvalue weighted by Crippen LogP contribution is 2.29. The van der Waals surface area contributed by atoms with Crippen molar-refractivity contribution in [3.05, 3.63) is 23.2 Å². The lowest BCUT2D eigenvalue weighted by Crippen LogP contribution is -2.50. The van der Waals surface area contributed by atoms with Crippen LogP contribution in [0.5, 0.6) is 0 Å². The van der Waals surface area contributed by atoms with Crippen molar-refractivity contribution < 1.29 is 13.2 Å². The van der Waals surface area contributed by atoms with Gasteiger partial charge in [-0.3, -0.25) is 4.79 Å². The summed E-state index contributed by atoms with van der Waals surface area (Å²) in [5.41, 5.74) is 0.754. The lowest BCUT2D eigenvalue weighted by molar-refractivity contribution is -0.120. The predicted octanol–water partition coefficient (Wildman–Crippen LogP) is 3.48. The number of sulfonamides is 1. The fourth-order valence-electron chi connectivity index (χ4n) is 3.02. The molecule has 1 atom stereocenters. The van der Waals surface area contributed by atoms with Crippen LogP contribution in [0.25, 0.3) is 10.2 Å². The Hall–Kier alpha value is -1.22. The minimum atomic E-state index is -3.41. The maximum atomic E-state index is 12.7. The number of anilines is 1. The van der Waals surface area contributed by atoms with Gasteiger partial charge in [0.2, 0.25) is 15.9 Å². The number of amides is 1. The zero-order chi connectivity index (χ0) is 18.0. The van der Waals surface area contributed by atoms with Gasteiger partial charge in [-0.1, -0.05) is 36.3 Å². The smallest absolute Gasteiger partial charge is 0.244 e. The maximum absolute atomic E-state index is 12.7. The highest BCUT2D eigenvalue weighted by molar-refractivity contribution is 7.89. The Morgan fingerprint density at radius 2 is 2.24 bits per heavy atom. The molecule has 1 unspecified atom stereocenters. The zero-order valence-electron chi connectivity index (χ0n) is 13.9. The average molecular weight is 402 g/mol. The molecule has 0 radical (unpaired) electrons. The first-order valence-corrected chi connectivity index (χ1v) is 11.1. The molecule has 1 aromatic heterocycles. The van der Waals surface area contributed by atoms with Gasteiger partial charge in [-0.15, -0.1) is 0 Å². The van der Waals surface area contributed by atoms with Crippen molar-refractivity contribution in [1.29, 1.82) is 0 Å². The predicted molar refractivity (Wildman–Crippen MR) is 102 cm³/mol. The Balaban J connectivity index is 1.79. The van der Waals surface area contributed by atoms with Gasteiger partial charge in [-0.2, -0.15) is 4.31 Å². The number of nitrogens with zero attached hydrogens (tertiary/aromatic N) is 2. The summed E-state index contributed by atoms with van der Waals surface area (Å²) < 4.78 is 27.1. The number of piperidine rings is 1. The van der Waals surface area contributed by atoms with Crippen molar-refractivity contribution >= 4 is 54.2 Å². The molecule has 0 saturated carbocycles. The number of benzene rings is 1. The molecule has 2 heterocycles. The summed E-state index contributed by atoms with van der Waals surface area (Å²) in [7, 11) is -3.41. The van der Waals surface area contributed by atoms with E-state index in [2.05, 4.69) is 10.3 Å². The molecule has 0 bridgehead atoms. The fourth-order valence-corrected chi connectivity index (χ4v) is 5.91. The second kappa shape index (κ2) is 7.57. The van der Waals surface area contributed by atoms with E-state index in [0.29, 0.717) is 29.5 Å². The van der Waals surface area contributed by atoms with Crippen LogP contribution in [-0.4, -0.2) is 42.0 Å². The number of carbonyl (C=O) groups is 1. The van der Waals surface area contributed by atoms with E-state index in [0.717, 1.165) is 23.1 Å². The average Bonchev–Trinajstić information content (AvgIpc) is 2.96. The van der Waals surface area contributed by atoms with Gasteiger partial charge < -0.3 is 5.32 Å². The van der Waals surface area contributed by atoms with Crippen molar-refractivity contribution in [2.75, 3.05) is 17.6 Å².